The van der Waals surface area contributed by atoms with Crippen LogP contribution in [0.1, 0.15) is 11.4 Å². The van der Waals surface area contributed by atoms with E-state index in [1.54, 1.807) is 6.07 Å². The lowest BCUT2D eigenvalue weighted by molar-refractivity contribution is 0.889. The number of fused-ring (bicyclic) bond motifs is 1. The van der Waals surface area contributed by atoms with Crippen molar-refractivity contribution in [1.29, 1.82) is 0 Å². The molecule has 3 rings (SSSR count). The van der Waals surface area contributed by atoms with Crippen molar-refractivity contribution in [3.63, 3.8) is 0 Å². The molecule has 0 aliphatic heterocycles. The molecule has 0 saturated heterocycles. The average molecular weight is 238 g/mol. The molecule has 4 nitrogen and oxygen atoms in total. The van der Waals surface area contributed by atoms with E-state index in [2.05, 4.69) is 39.2 Å². The van der Waals surface area contributed by atoms with Gasteiger partial charge in [0.2, 0.25) is 0 Å². The van der Waals surface area contributed by atoms with Crippen LogP contribution in [-0.2, 0) is 12.8 Å². The number of anilines is 1. The van der Waals surface area contributed by atoms with Gasteiger partial charge in [-0.15, -0.1) is 0 Å². The van der Waals surface area contributed by atoms with Crippen LogP contribution in [0.3, 0.4) is 0 Å². The number of aromatic amines is 1. The Morgan fingerprint density at radius 3 is 2.61 bits per heavy atom. The zero-order valence-electron chi connectivity index (χ0n) is 9.93. The van der Waals surface area contributed by atoms with E-state index >= 15 is 0 Å². The number of nitrogens with zero attached hydrogens (tertiary/aromatic N) is 2. The van der Waals surface area contributed by atoms with Crippen molar-refractivity contribution in [2.45, 2.75) is 12.8 Å². The molecule has 3 N–H and O–H groups in total. The monoisotopic (exact) mass is 238 g/mol. The van der Waals surface area contributed by atoms with Crippen LogP contribution in [0.15, 0.2) is 42.5 Å². The Balaban J connectivity index is 1.79. The van der Waals surface area contributed by atoms with E-state index in [0.29, 0.717) is 11.5 Å². The van der Waals surface area contributed by atoms with Crippen molar-refractivity contribution in [2.24, 2.45) is 0 Å². The molecule has 3 aromatic rings. The Kier molecular flexibility index (Phi) is 2.68. The molecule has 2 aromatic heterocycles. The molecule has 0 unspecified atom stereocenters. The summed E-state index contributed by atoms with van der Waals surface area (Å²) in [5.74, 6) is 1.45. The lowest BCUT2D eigenvalue weighted by atomic mass is 10.1. The highest BCUT2D eigenvalue weighted by Gasteiger charge is 2.04. The molecule has 4 heteroatoms. The van der Waals surface area contributed by atoms with Crippen LogP contribution in [0, 0.1) is 0 Å². The quantitative estimate of drug-likeness (QED) is 0.735. The first kappa shape index (κ1) is 10.8. The second kappa shape index (κ2) is 4.49. The minimum atomic E-state index is 0.503. The van der Waals surface area contributed by atoms with Crippen LogP contribution in [0.5, 0.6) is 0 Å². The summed E-state index contributed by atoms with van der Waals surface area (Å²) in [4.78, 5) is 11.9. The van der Waals surface area contributed by atoms with Gasteiger partial charge in [0.1, 0.15) is 11.6 Å². The molecule has 18 heavy (non-hydrogen) atoms. The van der Waals surface area contributed by atoms with Crippen LogP contribution in [0.4, 0.5) is 5.82 Å². The number of imidazole rings is 1. The van der Waals surface area contributed by atoms with Gasteiger partial charge in [-0.1, -0.05) is 30.3 Å². The molecule has 0 bridgehead atoms. The fourth-order valence-corrected chi connectivity index (χ4v) is 1.98. The lowest BCUT2D eigenvalue weighted by Gasteiger charge is -1.97. The van der Waals surface area contributed by atoms with Crippen LogP contribution < -0.4 is 5.73 Å². The number of nitrogens with one attached hydrogen (secondary N) is 1. The third kappa shape index (κ3) is 2.18. The largest absolute Gasteiger partial charge is 0.384 e. The van der Waals surface area contributed by atoms with Gasteiger partial charge < -0.3 is 10.7 Å². The summed E-state index contributed by atoms with van der Waals surface area (Å²) in [6.45, 7) is 0. The van der Waals surface area contributed by atoms with Gasteiger partial charge >= 0.3 is 0 Å². The van der Waals surface area contributed by atoms with Crippen molar-refractivity contribution in [1.82, 2.24) is 15.0 Å². The highest BCUT2D eigenvalue weighted by atomic mass is 15.0. The molecule has 0 atom stereocenters. The molecule has 0 radical (unpaired) electrons. The van der Waals surface area contributed by atoms with Gasteiger partial charge in [-0.3, -0.25) is 0 Å². The molecule has 0 fully saturated rings. The Morgan fingerprint density at radius 1 is 0.944 bits per heavy atom. The highest BCUT2D eigenvalue weighted by molar-refractivity contribution is 5.72. The van der Waals surface area contributed by atoms with E-state index in [1.165, 1.54) is 5.56 Å². The summed E-state index contributed by atoms with van der Waals surface area (Å²) in [5, 5.41) is 0. The van der Waals surface area contributed by atoms with Crippen molar-refractivity contribution >= 4 is 17.0 Å². The SMILES string of the molecule is Nc1ccc2[nH]c(CCc3ccccc3)nc2n1. The average Bonchev–Trinajstić information content (AvgIpc) is 2.79. The second-order valence-electron chi connectivity index (χ2n) is 4.28. The molecule has 0 aliphatic rings. The molecule has 0 saturated carbocycles. The Labute approximate surface area is 105 Å². The molecular formula is C14H14N4. The molecule has 0 amide bonds. The van der Waals surface area contributed by atoms with E-state index in [-0.39, 0.29) is 0 Å². The van der Waals surface area contributed by atoms with E-state index in [0.717, 1.165) is 24.2 Å². The maximum absolute atomic E-state index is 5.63. The second-order valence-corrected chi connectivity index (χ2v) is 4.28. The molecule has 0 aliphatic carbocycles. The number of nitrogens with two attached hydrogens (primary N) is 1. The summed E-state index contributed by atoms with van der Waals surface area (Å²) in [5.41, 5.74) is 8.57. The van der Waals surface area contributed by atoms with E-state index in [1.807, 2.05) is 12.1 Å². The van der Waals surface area contributed by atoms with Crippen LogP contribution >= 0.6 is 0 Å². The zero-order valence-corrected chi connectivity index (χ0v) is 9.93. The van der Waals surface area contributed by atoms with Crippen molar-refractivity contribution in [3.05, 3.63) is 53.9 Å². The van der Waals surface area contributed by atoms with Crippen LogP contribution in [-0.4, -0.2) is 15.0 Å². The Morgan fingerprint density at radius 2 is 1.78 bits per heavy atom. The smallest absolute Gasteiger partial charge is 0.179 e. The molecular weight excluding hydrogens is 224 g/mol. The number of benzene rings is 1. The molecule has 0 spiro atoms. The third-order valence-electron chi connectivity index (χ3n) is 2.91. The van der Waals surface area contributed by atoms with E-state index in [9.17, 15) is 0 Å². The first-order valence-corrected chi connectivity index (χ1v) is 5.96. The van der Waals surface area contributed by atoms with E-state index in [4.69, 9.17) is 5.73 Å². The summed E-state index contributed by atoms with van der Waals surface area (Å²) in [6.07, 6.45) is 1.84. The topological polar surface area (TPSA) is 67.6 Å². The van der Waals surface area contributed by atoms with Gasteiger partial charge in [0.15, 0.2) is 5.65 Å². The van der Waals surface area contributed by atoms with Gasteiger partial charge in [0.05, 0.1) is 5.52 Å². The predicted molar refractivity (Wildman–Crippen MR) is 72.2 cm³/mol. The number of pyridine rings is 1. The highest BCUT2D eigenvalue weighted by Crippen LogP contribution is 2.12. The summed E-state index contributed by atoms with van der Waals surface area (Å²) < 4.78 is 0. The fraction of sp³-hybridized carbons (Fsp3) is 0.143. The number of aryl methyl sites for hydroxylation is 2. The predicted octanol–water partition coefficient (Wildman–Crippen LogP) is 2.33. The number of aromatic nitrogens is 3. The number of nitrogen functional groups attached to an aromatic ring is 1. The number of rotatable bonds is 3. The Hall–Kier alpha value is -2.36. The minimum absolute atomic E-state index is 0.503. The number of H-pyrrole nitrogens is 1. The number of hydrogen-bond donors (Lipinski definition) is 2. The maximum atomic E-state index is 5.63. The summed E-state index contributed by atoms with van der Waals surface area (Å²) >= 11 is 0. The van der Waals surface area contributed by atoms with Gasteiger partial charge in [-0.2, -0.15) is 0 Å². The normalized spacial score (nSPS) is 10.9. The fourth-order valence-electron chi connectivity index (χ4n) is 1.98. The zero-order chi connectivity index (χ0) is 12.4. The lowest BCUT2D eigenvalue weighted by Crippen LogP contribution is -1.93. The first-order valence-electron chi connectivity index (χ1n) is 5.96. The molecule has 90 valence electrons. The molecule has 2 heterocycles. The van der Waals surface area contributed by atoms with Gasteiger partial charge in [-0.25, -0.2) is 9.97 Å². The maximum Gasteiger partial charge on any atom is 0.179 e. The van der Waals surface area contributed by atoms with Crippen molar-refractivity contribution in [2.75, 3.05) is 5.73 Å². The molecule has 1 aromatic carbocycles. The van der Waals surface area contributed by atoms with Gasteiger partial charge in [0, 0.05) is 6.42 Å². The Bertz CT molecular complexity index is 658. The van der Waals surface area contributed by atoms with E-state index < -0.39 is 0 Å². The van der Waals surface area contributed by atoms with Gasteiger partial charge in [0.25, 0.3) is 0 Å². The first-order chi connectivity index (χ1) is 8.81. The summed E-state index contributed by atoms with van der Waals surface area (Å²) in [7, 11) is 0. The standard InChI is InChI=1S/C14H14N4/c15-12-8-7-11-14(17-12)18-13(16-11)9-6-10-4-2-1-3-5-10/h1-5,7-8H,6,9H2,(H3,15,16,17,18). The third-order valence-corrected chi connectivity index (χ3v) is 2.91. The minimum Gasteiger partial charge on any atom is -0.384 e. The van der Waals surface area contributed by atoms with Crippen LogP contribution in [0.25, 0.3) is 11.2 Å². The van der Waals surface area contributed by atoms with Crippen LogP contribution in [0.2, 0.25) is 0 Å². The summed E-state index contributed by atoms with van der Waals surface area (Å²) in [6, 6.07) is 14.1. The van der Waals surface area contributed by atoms with Crippen molar-refractivity contribution < 1.29 is 0 Å². The van der Waals surface area contributed by atoms with Gasteiger partial charge in [-0.05, 0) is 24.1 Å². The van der Waals surface area contributed by atoms with Crippen molar-refractivity contribution in [3.8, 4) is 0 Å². The number of hydrogen-bond acceptors (Lipinski definition) is 3.